The molecule has 106 valence electrons. The lowest BCUT2D eigenvalue weighted by Gasteiger charge is -2.30. The topological polar surface area (TPSA) is 40.5 Å². The van der Waals surface area contributed by atoms with E-state index in [4.69, 9.17) is 5.11 Å². The molecule has 18 heavy (non-hydrogen) atoms. The van der Waals surface area contributed by atoms with Gasteiger partial charge in [0.15, 0.2) is 0 Å². The Morgan fingerprint density at radius 1 is 1.28 bits per heavy atom. The molecule has 0 aliphatic rings. The van der Waals surface area contributed by atoms with Gasteiger partial charge in [-0.2, -0.15) is 0 Å². The molecule has 0 unspecified atom stereocenters. The molecule has 0 heterocycles. The average molecular weight is 257 g/mol. The molecule has 0 aromatic heterocycles. The van der Waals surface area contributed by atoms with Crippen LogP contribution in [0, 0.1) is 0 Å². The normalized spacial score (nSPS) is 12.1. The molecule has 4 heteroatoms. The second-order valence-electron chi connectivity index (χ2n) is 5.39. The lowest BCUT2D eigenvalue weighted by atomic mass is 10.2. The summed E-state index contributed by atoms with van der Waals surface area (Å²) in [5.41, 5.74) is 0. The third kappa shape index (κ3) is 8.25. The minimum absolute atomic E-state index is 0.159. The minimum Gasteiger partial charge on any atom is -0.391 e. The Hall–Kier alpha value is -0.870. The lowest BCUT2D eigenvalue weighted by Crippen LogP contribution is -2.47. The molecule has 0 fully saturated rings. The second kappa shape index (κ2) is 9.11. The van der Waals surface area contributed by atoms with Crippen LogP contribution in [-0.4, -0.2) is 67.8 Å². The van der Waals surface area contributed by atoms with E-state index in [1.807, 2.05) is 13.1 Å². The van der Waals surface area contributed by atoms with Crippen LogP contribution in [0.15, 0.2) is 12.2 Å². The van der Waals surface area contributed by atoms with Crippen molar-refractivity contribution in [1.29, 1.82) is 0 Å². The van der Waals surface area contributed by atoms with Crippen LogP contribution in [0.1, 0.15) is 26.2 Å². The van der Waals surface area contributed by atoms with Gasteiger partial charge in [0.2, 0.25) is 5.91 Å². The predicted octanol–water partition coefficient (Wildman–Crippen LogP) is 1.26. The first-order chi connectivity index (χ1) is 8.43. The zero-order chi connectivity index (χ0) is 14.0. The summed E-state index contributed by atoms with van der Waals surface area (Å²) in [5.74, 6) is 0.159. The van der Waals surface area contributed by atoms with Gasteiger partial charge in [0.05, 0.1) is 33.8 Å². The van der Waals surface area contributed by atoms with Crippen molar-refractivity contribution < 1.29 is 14.4 Å². The Morgan fingerprint density at radius 2 is 1.94 bits per heavy atom. The van der Waals surface area contributed by atoms with Gasteiger partial charge in [0.25, 0.3) is 0 Å². The number of aliphatic hydroxyl groups excluding tert-OH is 1. The summed E-state index contributed by atoms with van der Waals surface area (Å²) in [4.78, 5) is 13.6. The summed E-state index contributed by atoms with van der Waals surface area (Å²) in [5, 5.41) is 8.94. The van der Waals surface area contributed by atoms with Gasteiger partial charge in [-0.25, -0.2) is 0 Å². The molecule has 0 aromatic carbocycles. The third-order valence-electron chi connectivity index (χ3n) is 3.09. The molecular weight excluding hydrogens is 228 g/mol. The van der Waals surface area contributed by atoms with Crippen LogP contribution in [-0.2, 0) is 4.79 Å². The highest BCUT2D eigenvalue weighted by Crippen LogP contribution is 1.99. The number of unbranched alkanes of at least 4 members (excludes halogenated alkanes) is 1. The number of allylic oxidation sites excluding steroid dienone is 1. The van der Waals surface area contributed by atoms with Crippen molar-refractivity contribution >= 4 is 5.91 Å². The van der Waals surface area contributed by atoms with E-state index >= 15 is 0 Å². The Kier molecular flexibility index (Phi) is 8.67. The van der Waals surface area contributed by atoms with E-state index in [0.717, 1.165) is 37.0 Å². The zero-order valence-electron chi connectivity index (χ0n) is 12.4. The number of carbonyl (C=O) groups excluding carboxylic acids is 1. The highest BCUT2D eigenvalue weighted by atomic mass is 16.3. The summed E-state index contributed by atoms with van der Waals surface area (Å²) in [7, 11) is 5.97. The van der Waals surface area contributed by atoms with E-state index in [0.29, 0.717) is 6.42 Å². The number of aliphatic hydroxyl groups is 1. The van der Waals surface area contributed by atoms with Gasteiger partial charge < -0.3 is 14.5 Å². The summed E-state index contributed by atoms with van der Waals surface area (Å²) < 4.78 is 0.736. The molecule has 0 rings (SSSR count). The fraction of sp³-hybridized carbons (Fsp3) is 0.786. The van der Waals surface area contributed by atoms with Crippen LogP contribution in [0.3, 0.4) is 0 Å². The van der Waals surface area contributed by atoms with Crippen molar-refractivity contribution in [2.75, 3.05) is 47.4 Å². The maximum Gasteiger partial charge on any atom is 0.226 e. The quantitative estimate of drug-likeness (QED) is 0.499. The van der Waals surface area contributed by atoms with Crippen molar-refractivity contribution in [3.8, 4) is 0 Å². The lowest BCUT2D eigenvalue weighted by molar-refractivity contribution is -0.890. The van der Waals surface area contributed by atoms with Crippen LogP contribution < -0.4 is 0 Å². The van der Waals surface area contributed by atoms with Crippen LogP contribution in [0.25, 0.3) is 0 Å². The largest absolute Gasteiger partial charge is 0.391 e. The van der Waals surface area contributed by atoms with Crippen LogP contribution in [0.2, 0.25) is 0 Å². The van der Waals surface area contributed by atoms with E-state index in [2.05, 4.69) is 27.1 Å². The molecule has 0 aromatic rings. The van der Waals surface area contributed by atoms with Gasteiger partial charge in [0.1, 0.15) is 6.54 Å². The summed E-state index contributed by atoms with van der Waals surface area (Å²) in [6.45, 7) is 4.62. The van der Waals surface area contributed by atoms with E-state index in [1.165, 1.54) is 0 Å². The number of amides is 1. The fourth-order valence-electron chi connectivity index (χ4n) is 1.55. The number of likely N-dealkylation sites (N-methyl/N-ethyl adjacent to an activating group) is 2. The SMILES string of the molecule is CCC/C=C/CC(=O)N(C)CC[N+](C)(C)CCO. The molecule has 0 radical (unpaired) electrons. The Morgan fingerprint density at radius 3 is 2.50 bits per heavy atom. The second-order valence-corrected chi connectivity index (χ2v) is 5.39. The minimum atomic E-state index is 0.159. The van der Waals surface area contributed by atoms with Gasteiger partial charge in [0, 0.05) is 13.5 Å². The van der Waals surface area contributed by atoms with Crippen molar-refractivity contribution in [3.05, 3.63) is 12.2 Å². The van der Waals surface area contributed by atoms with Gasteiger partial charge in [-0.3, -0.25) is 4.79 Å². The van der Waals surface area contributed by atoms with Crippen LogP contribution >= 0.6 is 0 Å². The van der Waals surface area contributed by atoms with Gasteiger partial charge in [-0.05, 0) is 6.42 Å². The molecule has 0 saturated heterocycles. The standard InChI is InChI=1S/C14H29N2O2/c1-5-6-7-8-9-14(18)15(2)10-11-16(3,4)12-13-17/h7-8,17H,5-6,9-13H2,1-4H3/q+1/b8-7+. The third-order valence-corrected chi connectivity index (χ3v) is 3.09. The number of carbonyl (C=O) groups is 1. The molecule has 1 amide bonds. The number of quaternary nitrogens is 1. The molecule has 0 spiro atoms. The van der Waals surface area contributed by atoms with E-state index in [9.17, 15) is 4.79 Å². The first-order valence-electron chi connectivity index (χ1n) is 6.74. The molecule has 0 bridgehead atoms. The Labute approximate surface area is 111 Å². The average Bonchev–Trinajstić information content (AvgIpc) is 2.31. The number of nitrogens with zero attached hydrogens (tertiary/aromatic N) is 2. The first-order valence-corrected chi connectivity index (χ1v) is 6.74. The first kappa shape index (κ1) is 17.1. The maximum atomic E-state index is 11.8. The summed E-state index contributed by atoms with van der Waals surface area (Å²) in [6.07, 6.45) is 6.67. The zero-order valence-corrected chi connectivity index (χ0v) is 12.4. The predicted molar refractivity (Wildman–Crippen MR) is 75.2 cm³/mol. The molecule has 0 atom stereocenters. The van der Waals surface area contributed by atoms with Crippen molar-refractivity contribution in [2.24, 2.45) is 0 Å². The molecular formula is C14H29N2O2+. The molecule has 0 aliphatic carbocycles. The van der Waals surface area contributed by atoms with Gasteiger partial charge in [-0.1, -0.05) is 25.5 Å². The number of rotatable bonds is 9. The monoisotopic (exact) mass is 257 g/mol. The Bertz CT molecular complexity index is 263. The molecule has 0 aliphatic heterocycles. The highest BCUT2D eigenvalue weighted by Gasteiger charge is 2.16. The van der Waals surface area contributed by atoms with E-state index in [1.54, 1.807) is 4.90 Å². The summed E-state index contributed by atoms with van der Waals surface area (Å²) >= 11 is 0. The number of hydrogen-bond acceptors (Lipinski definition) is 2. The van der Waals surface area contributed by atoms with Gasteiger partial charge in [-0.15, -0.1) is 0 Å². The van der Waals surface area contributed by atoms with Crippen molar-refractivity contribution in [1.82, 2.24) is 4.90 Å². The fourth-order valence-corrected chi connectivity index (χ4v) is 1.55. The van der Waals surface area contributed by atoms with Crippen LogP contribution in [0.5, 0.6) is 0 Å². The molecule has 1 N–H and O–H groups in total. The van der Waals surface area contributed by atoms with E-state index in [-0.39, 0.29) is 12.5 Å². The highest BCUT2D eigenvalue weighted by molar-refractivity contribution is 5.77. The summed E-state index contributed by atoms with van der Waals surface area (Å²) in [6, 6.07) is 0. The van der Waals surface area contributed by atoms with E-state index < -0.39 is 0 Å². The number of hydrogen-bond donors (Lipinski definition) is 1. The Balaban J connectivity index is 3.94. The van der Waals surface area contributed by atoms with Crippen molar-refractivity contribution in [3.63, 3.8) is 0 Å². The molecule has 0 saturated carbocycles. The smallest absolute Gasteiger partial charge is 0.226 e. The van der Waals surface area contributed by atoms with Gasteiger partial charge >= 0.3 is 0 Å². The maximum absolute atomic E-state index is 11.8. The van der Waals surface area contributed by atoms with Crippen LogP contribution in [0.4, 0.5) is 0 Å². The molecule has 4 nitrogen and oxygen atoms in total. The van der Waals surface area contributed by atoms with Crippen molar-refractivity contribution in [2.45, 2.75) is 26.2 Å².